The van der Waals surface area contributed by atoms with Gasteiger partial charge in [0, 0.05) is 26.1 Å². The Morgan fingerprint density at radius 2 is 1.96 bits per heavy atom. The fraction of sp³-hybridized carbons (Fsp3) is 0.600. The SMILES string of the molecule is Cc1cccc(C(C(=O)N2CCC3(CCC(=O)NC3)CC2)N(C)C)c1. The molecule has 0 aliphatic carbocycles. The molecule has 2 aliphatic heterocycles. The van der Waals surface area contributed by atoms with Crippen molar-refractivity contribution in [2.24, 2.45) is 5.41 Å². The van der Waals surface area contributed by atoms with Crippen LogP contribution in [0.25, 0.3) is 0 Å². The Kier molecular flexibility index (Phi) is 5.13. The molecule has 5 heteroatoms. The summed E-state index contributed by atoms with van der Waals surface area (Å²) in [5.74, 6) is 0.349. The maximum atomic E-state index is 13.2. The quantitative estimate of drug-likeness (QED) is 0.915. The molecule has 5 nitrogen and oxygen atoms in total. The number of piperidine rings is 2. The summed E-state index contributed by atoms with van der Waals surface area (Å²) < 4.78 is 0. The molecule has 25 heavy (non-hydrogen) atoms. The van der Waals surface area contributed by atoms with Crippen LogP contribution in [0.4, 0.5) is 0 Å². The topological polar surface area (TPSA) is 52.7 Å². The van der Waals surface area contributed by atoms with Gasteiger partial charge < -0.3 is 10.2 Å². The van der Waals surface area contributed by atoms with E-state index < -0.39 is 0 Å². The largest absolute Gasteiger partial charge is 0.356 e. The lowest BCUT2D eigenvalue weighted by Gasteiger charge is -2.45. The van der Waals surface area contributed by atoms with Crippen molar-refractivity contribution in [2.75, 3.05) is 33.7 Å². The Hall–Kier alpha value is -1.88. The molecule has 0 aromatic heterocycles. The van der Waals surface area contributed by atoms with Crippen LogP contribution in [-0.4, -0.2) is 55.3 Å². The van der Waals surface area contributed by atoms with Gasteiger partial charge in [0.15, 0.2) is 0 Å². The van der Waals surface area contributed by atoms with Crippen molar-refractivity contribution in [3.8, 4) is 0 Å². The Morgan fingerprint density at radius 3 is 2.52 bits per heavy atom. The summed E-state index contributed by atoms with van der Waals surface area (Å²) in [5.41, 5.74) is 2.43. The van der Waals surface area contributed by atoms with Crippen LogP contribution in [0.3, 0.4) is 0 Å². The van der Waals surface area contributed by atoms with Gasteiger partial charge in [0.1, 0.15) is 6.04 Å². The van der Waals surface area contributed by atoms with E-state index in [1.165, 1.54) is 5.56 Å². The van der Waals surface area contributed by atoms with Gasteiger partial charge in [-0.1, -0.05) is 29.8 Å². The molecule has 1 N–H and O–H groups in total. The summed E-state index contributed by atoms with van der Waals surface area (Å²) in [5, 5.41) is 3.01. The third-order valence-corrected chi connectivity index (χ3v) is 5.79. The van der Waals surface area contributed by atoms with Crippen molar-refractivity contribution in [1.29, 1.82) is 0 Å². The minimum Gasteiger partial charge on any atom is -0.356 e. The molecule has 0 saturated carbocycles. The van der Waals surface area contributed by atoms with E-state index in [9.17, 15) is 9.59 Å². The minimum atomic E-state index is -0.236. The number of amides is 2. The predicted molar refractivity (Wildman–Crippen MR) is 98.1 cm³/mol. The Morgan fingerprint density at radius 1 is 1.24 bits per heavy atom. The Balaban J connectivity index is 1.69. The van der Waals surface area contributed by atoms with E-state index >= 15 is 0 Å². The van der Waals surface area contributed by atoms with Gasteiger partial charge in [0.2, 0.25) is 11.8 Å². The van der Waals surface area contributed by atoms with Gasteiger partial charge in [0.25, 0.3) is 0 Å². The first-order valence-corrected chi connectivity index (χ1v) is 9.19. The van der Waals surface area contributed by atoms with Crippen LogP contribution < -0.4 is 5.32 Å². The van der Waals surface area contributed by atoms with Gasteiger partial charge in [-0.05, 0) is 51.3 Å². The van der Waals surface area contributed by atoms with Crippen LogP contribution in [0.15, 0.2) is 24.3 Å². The molecular weight excluding hydrogens is 314 g/mol. The second-order valence-electron chi connectivity index (χ2n) is 7.88. The van der Waals surface area contributed by atoms with Gasteiger partial charge in [-0.15, -0.1) is 0 Å². The van der Waals surface area contributed by atoms with Gasteiger partial charge in [-0.2, -0.15) is 0 Å². The second kappa shape index (κ2) is 7.16. The first-order valence-electron chi connectivity index (χ1n) is 9.19. The average molecular weight is 343 g/mol. The molecule has 2 amide bonds. The van der Waals surface area contributed by atoms with E-state index in [4.69, 9.17) is 0 Å². The molecule has 1 unspecified atom stereocenters. The molecule has 0 bridgehead atoms. The summed E-state index contributed by atoms with van der Waals surface area (Å²) in [6, 6.07) is 7.98. The van der Waals surface area contributed by atoms with Crippen molar-refractivity contribution >= 4 is 11.8 Å². The molecule has 2 heterocycles. The predicted octanol–water partition coefficient (Wildman–Crippen LogP) is 2.12. The highest BCUT2D eigenvalue weighted by Crippen LogP contribution is 2.38. The zero-order valence-corrected chi connectivity index (χ0v) is 15.5. The van der Waals surface area contributed by atoms with Crippen LogP contribution in [0.5, 0.6) is 0 Å². The number of likely N-dealkylation sites (tertiary alicyclic amines) is 1. The normalized spacial score (nSPS) is 21.3. The lowest BCUT2D eigenvalue weighted by atomic mass is 9.73. The molecule has 136 valence electrons. The van der Waals surface area contributed by atoms with Crippen LogP contribution in [-0.2, 0) is 9.59 Å². The first kappa shape index (κ1) is 17.9. The summed E-state index contributed by atoms with van der Waals surface area (Å²) in [7, 11) is 3.93. The Bertz CT molecular complexity index is 636. The number of nitrogens with one attached hydrogen (secondary N) is 1. The number of hydrogen-bond acceptors (Lipinski definition) is 3. The highest BCUT2D eigenvalue weighted by Gasteiger charge is 2.40. The maximum Gasteiger partial charge on any atom is 0.244 e. The molecule has 1 atom stereocenters. The van der Waals surface area contributed by atoms with Gasteiger partial charge in [-0.3, -0.25) is 14.5 Å². The average Bonchev–Trinajstić information content (AvgIpc) is 2.58. The van der Waals surface area contributed by atoms with Crippen LogP contribution in [0, 0.1) is 12.3 Å². The fourth-order valence-corrected chi connectivity index (χ4v) is 4.14. The number of aryl methyl sites for hydroxylation is 1. The highest BCUT2D eigenvalue weighted by molar-refractivity contribution is 5.83. The van der Waals surface area contributed by atoms with Gasteiger partial charge in [-0.25, -0.2) is 0 Å². The van der Waals surface area contributed by atoms with E-state index in [1.54, 1.807) is 0 Å². The van der Waals surface area contributed by atoms with E-state index in [1.807, 2.05) is 36.0 Å². The van der Waals surface area contributed by atoms with Crippen molar-refractivity contribution < 1.29 is 9.59 Å². The van der Waals surface area contributed by atoms with Crippen LogP contribution in [0.2, 0.25) is 0 Å². The number of rotatable bonds is 3. The fourth-order valence-electron chi connectivity index (χ4n) is 4.14. The highest BCUT2D eigenvalue weighted by atomic mass is 16.2. The summed E-state index contributed by atoms with van der Waals surface area (Å²) in [6.07, 6.45) is 3.54. The number of carbonyl (C=O) groups excluding carboxylic acids is 2. The lowest BCUT2D eigenvalue weighted by molar-refractivity contribution is -0.140. The molecule has 2 fully saturated rings. The van der Waals surface area contributed by atoms with E-state index in [-0.39, 0.29) is 23.3 Å². The van der Waals surface area contributed by atoms with Crippen molar-refractivity contribution in [3.63, 3.8) is 0 Å². The summed E-state index contributed by atoms with van der Waals surface area (Å²) in [6.45, 7) is 4.39. The van der Waals surface area contributed by atoms with Crippen molar-refractivity contribution in [3.05, 3.63) is 35.4 Å². The van der Waals surface area contributed by atoms with Crippen molar-refractivity contribution in [1.82, 2.24) is 15.1 Å². The zero-order chi connectivity index (χ0) is 18.0. The minimum absolute atomic E-state index is 0.163. The van der Waals surface area contributed by atoms with Gasteiger partial charge in [0.05, 0.1) is 0 Å². The molecule has 0 radical (unpaired) electrons. The number of hydrogen-bond donors (Lipinski definition) is 1. The number of nitrogens with zero attached hydrogens (tertiary/aromatic N) is 2. The zero-order valence-electron chi connectivity index (χ0n) is 15.5. The third-order valence-electron chi connectivity index (χ3n) is 5.79. The number of likely N-dealkylation sites (N-methyl/N-ethyl adjacent to an activating group) is 1. The lowest BCUT2D eigenvalue weighted by Crippen LogP contribution is -2.52. The summed E-state index contributed by atoms with van der Waals surface area (Å²) in [4.78, 5) is 28.6. The van der Waals surface area contributed by atoms with Crippen LogP contribution >= 0.6 is 0 Å². The first-order chi connectivity index (χ1) is 11.9. The molecule has 2 saturated heterocycles. The van der Waals surface area contributed by atoms with E-state index in [0.717, 1.165) is 44.5 Å². The molecular formula is C20H29N3O2. The monoisotopic (exact) mass is 343 g/mol. The van der Waals surface area contributed by atoms with E-state index in [2.05, 4.69) is 24.4 Å². The molecule has 3 rings (SSSR count). The van der Waals surface area contributed by atoms with Crippen LogP contribution in [0.1, 0.15) is 42.9 Å². The van der Waals surface area contributed by atoms with E-state index in [0.29, 0.717) is 6.42 Å². The molecule has 1 aromatic rings. The number of carbonyl (C=O) groups is 2. The smallest absolute Gasteiger partial charge is 0.244 e. The summed E-state index contributed by atoms with van der Waals surface area (Å²) >= 11 is 0. The molecule has 1 spiro atoms. The molecule has 1 aromatic carbocycles. The standard InChI is InChI=1S/C20H29N3O2/c1-15-5-4-6-16(13-15)18(22(2)3)19(25)23-11-9-20(10-12-23)8-7-17(24)21-14-20/h4-6,13,18H,7-12,14H2,1-3H3,(H,21,24). The van der Waals surface area contributed by atoms with Crippen molar-refractivity contribution in [2.45, 2.75) is 38.6 Å². The third kappa shape index (κ3) is 3.87. The second-order valence-corrected chi connectivity index (χ2v) is 7.88. The Labute approximate surface area is 150 Å². The van der Waals surface area contributed by atoms with Gasteiger partial charge >= 0.3 is 0 Å². The number of benzene rings is 1. The molecule has 2 aliphatic rings. The maximum absolute atomic E-state index is 13.2.